The maximum absolute atomic E-state index is 13.1. The van der Waals surface area contributed by atoms with E-state index in [0.717, 1.165) is 12.8 Å². The molecule has 1 N–H and O–H groups in total. The zero-order valence-corrected chi connectivity index (χ0v) is 14.0. The molecule has 128 valence electrons. The summed E-state index contributed by atoms with van der Waals surface area (Å²) in [6.45, 7) is 0.344. The van der Waals surface area contributed by atoms with Crippen LogP contribution in [0.2, 0.25) is 0 Å². The highest BCUT2D eigenvalue weighted by Gasteiger charge is 2.45. The molecule has 0 saturated carbocycles. The zero-order valence-electron chi connectivity index (χ0n) is 13.2. The van der Waals surface area contributed by atoms with Gasteiger partial charge in [0.15, 0.2) is 0 Å². The van der Waals surface area contributed by atoms with Crippen LogP contribution in [0.25, 0.3) is 0 Å². The summed E-state index contributed by atoms with van der Waals surface area (Å²) < 4.78 is 34.5. The number of nitrogens with zero attached hydrogens (tertiary/aromatic N) is 3. The van der Waals surface area contributed by atoms with E-state index in [0.29, 0.717) is 24.5 Å². The molecular weight excluding hydrogens is 332 g/mol. The van der Waals surface area contributed by atoms with Crippen molar-refractivity contribution in [2.24, 2.45) is 0 Å². The number of hydrogen-bond acceptors (Lipinski definition) is 5. The number of benzene rings is 1. The molecule has 24 heavy (non-hydrogen) atoms. The van der Waals surface area contributed by atoms with Gasteiger partial charge >= 0.3 is 5.69 Å². The van der Waals surface area contributed by atoms with Gasteiger partial charge in [-0.1, -0.05) is 0 Å². The van der Waals surface area contributed by atoms with Crippen molar-refractivity contribution in [1.82, 2.24) is 19.1 Å². The Bertz CT molecular complexity index is 916. The summed E-state index contributed by atoms with van der Waals surface area (Å²) in [5.74, 6) is 1.24. The topological polar surface area (TPSA) is 97.3 Å². The molecule has 2 bridgehead atoms. The largest absolute Gasteiger partial charge is 0.497 e. The predicted molar refractivity (Wildman–Crippen MR) is 85.4 cm³/mol. The Balaban J connectivity index is 1.72. The third kappa shape index (κ3) is 2.27. The maximum atomic E-state index is 13.1. The summed E-state index contributed by atoms with van der Waals surface area (Å²) in [4.78, 5) is 12.1. The van der Waals surface area contributed by atoms with Crippen molar-refractivity contribution in [2.45, 2.75) is 42.8 Å². The standard InChI is InChI=1S/C15H18N4O4S/c1-23-12-4-6-13(7-5-12)24(21,22)19-10-2-3-11(19)9-18-14(8-10)16-17-15(18)20/h4-7,10-11H,2-3,8-9H2,1H3,(H,17,20)/t10-,11+/m0/s1. The van der Waals surface area contributed by atoms with Gasteiger partial charge in [-0.25, -0.2) is 18.3 Å². The number of ether oxygens (including phenoxy) is 1. The minimum absolute atomic E-state index is 0.168. The van der Waals surface area contributed by atoms with E-state index in [4.69, 9.17) is 4.74 Å². The smallest absolute Gasteiger partial charge is 0.343 e. The van der Waals surface area contributed by atoms with Crippen molar-refractivity contribution in [3.8, 4) is 5.75 Å². The summed E-state index contributed by atoms with van der Waals surface area (Å²) in [5.41, 5.74) is -0.278. The monoisotopic (exact) mass is 350 g/mol. The van der Waals surface area contributed by atoms with E-state index in [1.54, 1.807) is 33.1 Å². The Labute approximate surface area is 139 Å². The van der Waals surface area contributed by atoms with Crippen LogP contribution in [0.4, 0.5) is 0 Å². The molecule has 2 aliphatic rings. The number of methoxy groups -OCH3 is 1. The van der Waals surface area contributed by atoms with Crippen LogP contribution in [0.3, 0.4) is 0 Å². The fourth-order valence-corrected chi connectivity index (χ4v) is 5.54. The summed E-state index contributed by atoms with van der Waals surface area (Å²) >= 11 is 0. The van der Waals surface area contributed by atoms with E-state index in [2.05, 4.69) is 10.2 Å². The average molecular weight is 350 g/mol. The first-order valence-electron chi connectivity index (χ1n) is 7.82. The summed E-state index contributed by atoms with van der Waals surface area (Å²) in [7, 11) is -2.09. The highest BCUT2D eigenvalue weighted by atomic mass is 32.2. The van der Waals surface area contributed by atoms with Crippen LogP contribution in [0.5, 0.6) is 5.75 Å². The molecule has 3 heterocycles. The Morgan fingerprint density at radius 2 is 1.92 bits per heavy atom. The minimum atomic E-state index is -3.63. The fraction of sp³-hybridized carbons (Fsp3) is 0.467. The van der Waals surface area contributed by atoms with Crippen molar-refractivity contribution in [2.75, 3.05) is 7.11 Å². The van der Waals surface area contributed by atoms with Crippen LogP contribution in [-0.4, -0.2) is 46.7 Å². The number of aromatic amines is 1. The molecule has 8 nitrogen and oxygen atoms in total. The molecule has 0 unspecified atom stereocenters. The van der Waals surface area contributed by atoms with Crippen molar-refractivity contribution >= 4 is 10.0 Å². The molecule has 0 radical (unpaired) electrons. The minimum Gasteiger partial charge on any atom is -0.497 e. The van der Waals surface area contributed by atoms with Gasteiger partial charge in [0, 0.05) is 25.0 Å². The molecule has 4 rings (SSSR count). The number of aromatic nitrogens is 3. The molecule has 2 aromatic rings. The van der Waals surface area contributed by atoms with Gasteiger partial charge in [-0.3, -0.25) is 4.57 Å². The van der Waals surface area contributed by atoms with Crippen LogP contribution in [0.1, 0.15) is 18.7 Å². The zero-order chi connectivity index (χ0) is 16.9. The van der Waals surface area contributed by atoms with Gasteiger partial charge in [0.25, 0.3) is 0 Å². The van der Waals surface area contributed by atoms with Crippen LogP contribution in [-0.2, 0) is 23.0 Å². The second kappa shape index (κ2) is 5.45. The van der Waals surface area contributed by atoms with E-state index in [1.165, 1.54) is 7.11 Å². The molecule has 0 aliphatic carbocycles. The normalized spacial score (nSPS) is 23.7. The lowest BCUT2D eigenvalue weighted by Gasteiger charge is -2.26. The van der Waals surface area contributed by atoms with Crippen molar-refractivity contribution in [3.63, 3.8) is 0 Å². The molecule has 1 saturated heterocycles. The van der Waals surface area contributed by atoms with E-state index < -0.39 is 10.0 Å². The van der Waals surface area contributed by atoms with Gasteiger partial charge < -0.3 is 4.74 Å². The molecule has 2 aliphatic heterocycles. The summed E-state index contributed by atoms with van der Waals surface area (Å²) in [5, 5.41) is 6.48. The first kappa shape index (κ1) is 15.4. The number of fused-ring (bicyclic) bond motifs is 3. The summed E-state index contributed by atoms with van der Waals surface area (Å²) in [6, 6.07) is 6.01. The average Bonchev–Trinajstić information content (AvgIpc) is 3.07. The van der Waals surface area contributed by atoms with Crippen molar-refractivity contribution in [3.05, 3.63) is 40.6 Å². The Hall–Kier alpha value is -2.13. The van der Waals surface area contributed by atoms with Crippen LogP contribution in [0.15, 0.2) is 34.0 Å². The molecule has 1 aromatic heterocycles. The Morgan fingerprint density at radius 3 is 2.62 bits per heavy atom. The lowest BCUT2D eigenvalue weighted by atomic mass is 10.1. The number of sulfonamides is 1. The Kier molecular flexibility index (Phi) is 3.50. The van der Waals surface area contributed by atoms with Gasteiger partial charge in [0.1, 0.15) is 11.6 Å². The lowest BCUT2D eigenvalue weighted by Crippen LogP contribution is -2.42. The van der Waals surface area contributed by atoms with Crippen molar-refractivity contribution < 1.29 is 13.2 Å². The third-order valence-electron chi connectivity index (χ3n) is 4.84. The van der Waals surface area contributed by atoms with Crippen LogP contribution < -0.4 is 10.4 Å². The van der Waals surface area contributed by atoms with Gasteiger partial charge in [-0.2, -0.15) is 9.40 Å². The number of H-pyrrole nitrogens is 1. The molecule has 1 fully saturated rings. The van der Waals surface area contributed by atoms with Crippen LogP contribution >= 0.6 is 0 Å². The van der Waals surface area contributed by atoms with E-state index in [-0.39, 0.29) is 22.7 Å². The lowest BCUT2D eigenvalue weighted by molar-refractivity contribution is 0.314. The van der Waals surface area contributed by atoms with Crippen molar-refractivity contribution in [1.29, 1.82) is 0 Å². The fourth-order valence-electron chi connectivity index (χ4n) is 3.68. The van der Waals surface area contributed by atoms with Gasteiger partial charge in [-0.05, 0) is 37.1 Å². The van der Waals surface area contributed by atoms with Gasteiger partial charge in [0.2, 0.25) is 10.0 Å². The predicted octanol–water partition coefficient (Wildman–Crippen LogP) is 0.358. The molecule has 0 amide bonds. The van der Waals surface area contributed by atoms with Gasteiger partial charge in [0.05, 0.1) is 12.0 Å². The van der Waals surface area contributed by atoms with E-state index >= 15 is 0 Å². The first-order valence-corrected chi connectivity index (χ1v) is 9.26. The quantitative estimate of drug-likeness (QED) is 0.862. The molecule has 9 heteroatoms. The second-order valence-corrected chi connectivity index (χ2v) is 8.00. The first-order chi connectivity index (χ1) is 11.5. The van der Waals surface area contributed by atoms with E-state index in [9.17, 15) is 13.2 Å². The third-order valence-corrected chi connectivity index (χ3v) is 6.86. The molecule has 1 aromatic carbocycles. The summed E-state index contributed by atoms with van der Waals surface area (Å²) in [6.07, 6.45) is 1.98. The number of rotatable bonds is 3. The molecular formula is C15H18N4O4S. The maximum Gasteiger partial charge on any atom is 0.343 e. The van der Waals surface area contributed by atoms with Gasteiger partial charge in [-0.15, -0.1) is 0 Å². The molecule has 0 spiro atoms. The second-order valence-electron chi connectivity index (χ2n) is 6.16. The number of nitrogens with one attached hydrogen (secondary N) is 1. The Morgan fingerprint density at radius 1 is 1.21 bits per heavy atom. The highest BCUT2D eigenvalue weighted by Crippen LogP contribution is 2.35. The highest BCUT2D eigenvalue weighted by molar-refractivity contribution is 7.89. The van der Waals surface area contributed by atoms with Crippen LogP contribution in [0, 0.1) is 0 Å². The SMILES string of the molecule is COc1ccc(S(=O)(=O)N2[C@@H]3CC[C@H]2Cc2n[nH]c(=O)n2C3)cc1. The molecule has 2 atom stereocenters. The van der Waals surface area contributed by atoms with E-state index in [1.807, 2.05) is 0 Å². The number of hydrogen-bond donors (Lipinski definition) is 1.